The standard InChI is InChI=1S/C21H32N2O/c1-19-11-13-12-22-23-18(13)10-14(19)4-5-15-16(19)6-8-20(2)17(15)7-9-21(20,3)24/h12,14-17,24H,4-11H2,1-3H3,(H,22,23)/t14-,15+,16-,17-,19-,20+,21-/m0/s1. The van der Waals surface area contributed by atoms with E-state index in [1.54, 1.807) is 0 Å². The molecule has 1 aromatic rings. The molecule has 4 aliphatic rings. The number of aromatic nitrogens is 2. The Bertz CT molecular complexity index is 665. The van der Waals surface area contributed by atoms with Crippen LogP contribution in [-0.2, 0) is 12.8 Å². The molecule has 1 heterocycles. The maximum absolute atomic E-state index is 11.0. The van der Waals surface area contributed by atoms with Gasteiger partial charge >= 0.3 is 0 Å². The maximum atomic E-state index is 11.0. The smallest absolute Gasteiger partial charge is 0.0675 e. The second-order valence-electron chi connectivity index (χ2n) is 10.2. The zero-order chi connectivity index (χ0) is 16.7. The van der Waals surface area contributed by atoms with Crippen molar-refractivity contribution in [3.63, 3.8) is 0 Å². The number of rotatable bonds is 0. The fourth-order valence-corrected chi connectivity index (χ4v) is 7.71. The quantitative estimate of drug-likeness (QED) is 0.752. The van der Waals surface area contributed by atoms with Gasteiger partial charge in [0.05, 0.1) is 11.8 Å². The molecule has 2 N–H and O–H groups in total. The van der Waals surface area contributed by atoms with Crippen LogP contribution >= 0.6 is 0 Å². The zero-order valence-corrected chi connectivity index (χ0v) is 15.4. The number of fused-ring (bicyclic) bond motifs is 6. The molecule has 1 aromatic heterocycles. The number of hydrogen-bond donors (Lipinski definition) is 2. The van der Waals surface area contributed by atoms with Crippen molar-refractivity contribution in [1.29, 1.82) is 0 Å². The van der Waals surface area contributed by atoms with Crippen LogP contribution in [0.25, 0.3) is 0 Å². The van der Waals surface area contributed by atoms with E-state index < -0.39 is 5.60 Å². The van der Waals surface area contributed by atoms with E-state index in [-0.39, 0.29) is 5.41 Å². The Hall–Kier alpha value is -0.830. The summed E-state index contributed by atoms with van der Waals surface area (Å²) < 4.78 is 0. The minimum atomic E-state index is -0.454. The summed E-state index contributed by atoms with van der Waals surface area (Å²) in [7, 11) is 0. The minimum absolute atomic E-state index is 0.146. The van der Waals surface area contributed by atoms with Crippen LogP contribution in [0.15, 0.2) is 6.20 Å². The van der Waals surface area contributed by atoms with E-state index in [2.05, 4.69) is 37.2 Å². The van der Waals surface area contributed by atoms with Crippen LogP contribution in [0.5, 0.6) is 0 Å². The van der Waals surface area contributed by atoms with Crippen LogP contribution in [0.3, 0.4) is 0 Å². The molecule has 3 heteroatoms. The highest BCUT2D eigenvalue weighted by Crippen LogP contribution is 2.67. The molecule has 0 aliphatic heterocycles. The van der Waals surface area contributed by atoms with E-state index >= 15 is 0 Å². The van der Waals surface area contributed by atoms with Crippen LogP contribution in [0.1, 0.15) is 70.6 Å². The second-order valence-corrected chi connectivity index (χ2v) is 10.2. The number of hydrogen-bond acceptors (Lipinski definition) is 2. The van der Waals surface area contributed by atoms with Gasteiger partial charge in [0.1, 0.15) is 0 Å². The molecule has 24 heavy (non-hydrogen) atoms. The van der Waals surface area contributed by atoms with Gasteiger partial charge in [0.2, 0.25) is 0 Å². The van der Waals surface area contributed by atoms with Crippen molar-refractivity contribution in [2.24, 2.45) is 34.5 Å². The fourth-order valence-electron chi connectivity index (χ4n) is 7.71. The van der Waals surface area contributed by atoms with E-state index in [4.69, 9.17) is 0 Å². The summed E-state index contributed by atoms with van der Waals surface area (Å²) in [6.45, 7) is 7.09. The lowest BCUT2D eigenvalue weighted by atomic mass is 9.44. The molecule has 3 fully saturated rings. The molecule has 0 bridgehead atoms. The summed E-state index contributed by atoms with van der Waals surface area (Å²) in [5.41, 5.74) is 3.01. The molecule has 3 nitrogen and oxygen atoms in total. The average molecular weight is 329 g/mol. The predicted molar refractivity (Wildman–Crippen MR) is 94.5 cm³/mol. The Labute approximate surface area is 145 Å². The molecule has 7 atom stereocenters. The van der Waals surface area contributed by atoms with Gasteiger partial charge in [-0.15, -0.1) is 0 Å². The van der Waals surface area contributed by atoms with Gasteiger partial charge in [0, 0.05) is 5.69 Å². The molecular weight excluding hydrogens is 296 g/mol. The number of nitrogens with one attached hydrogen (secondary N) is 1. The number of aliphatic hydroxyl groups is 1. The van der Waals surface area contributed by atoms with E-state index in [9.17, 15) is 5.11 Å². The Morgan fingerprint density at radius 3 is 2.71 bits per heavy atom. The van der Waals surface area contributed by atoms with Gasteiger partial charge in [-0.2, -0.15) is 5.10 Å². The van der Waals surface area contributed by atoms with Gasteiger partial charge in [-0.05, 0) is 98.4 Å². The third-order valence-electron chi connectivity index (χ3n) is 9.46. The van der Waals surface area contributed by atoms with E-state index in [0.717, 1.165) is 30.1 Å². The van der Waals surface area contributed by atoms with Crippen molar-refractivity contribution in [2.75, 3.05) is 0 Å². The summed E-state index contributed by atoms with van der Waals surface area (Å²) >= 11 is 0. The molecule has 0 spiro atoms. The summed E-state index contributed by atoms with van der Waals surface area (Å²) in [5.74, 6) is 3.21. The van der Waals surface area contributed by atoms with Gasteiger partial charge in [0.15, 0.2) is 0 Å². The number of nitrogens with zero attached hydrogens (tertiary/aromatic N) is 1. The Morgan fingerprint density at radius 1 is 1.08 bits per heavy atom. The van der Waals surface area contributed by atoms with E-state index in [1.165, 1.54) is 56.2 Å². The Kier molecular flexibility index (Phi) is 3.00. The van der Waals surface area contributed by atoms with Crippen molar-refractivity contribution >= 4 is 0 Å². The van der Waals surface area contributed by atoms with Crippen molar-refractivity contribution in [2.45, 2.75) is 77.7 Å². The minimum Gasteiger partial charge on any atom is -0.390 e. The van der Waals surface area contributed by atoms with Gasteiger partial charge in [-0.25, -0.2) is 0 Å². The fraction of sp³-hybridized carbons (Fsp3) is 0.857. The molecule has 0 unspecified atom stereocenters. The highest BCUT2D eigenvalue weighted by Gasteiger charge is 2.63. The Balaban J connectivity index is 1.50. The first kappa shape index (κ1) is 15.4. The van der Waals surface area contributed by atoms with E-state index in [0.29, 0.717) is 5.41 Å². The first-order valence-corrected chi connectivity index (χ1v) is 10.1. The molecule has 0 aromatic carbocycles. The topological polar surface area (TPSA) is 48.9 Å². The lowest BCUT2D eigenvalue weighted by molar-refractivity contribution is -0.139. The first-order chi connectivity index (χ1) is 11.4. The molecule has 4 aliphatic carbocycles. The van der Waals surface area contributed by atoms with Crippen LogP contribution < -0.4 is 0 Å². The van der Waals surface area contributed by atoms with Crippen molar-refractivity contribution < 1.29 is 5.11 Å². The normalized spacial score (nSPS) is 53.0. The number of H-pyrrole nitrogens is 1. The highest BCUT2D eigenvalue weighted by molar-refractivity contribution is 5.26. The maximum Gasteiger partial charge on any atom is 0.0675 e. The molecule has 0 amide bonds. The average Bonchev–Trinajstić information content (AvgIpc) is 3.06. The summed E-state index contributed by atoms with van der Waals surface area (Å²) in [6, 6.07) is 0. The van der Waals surface area contributed by atoms with Crippen LogP contribution in [0.4, 0.5) is 0 Å². The van der Waals surface area contributed by atoms with Gasteiger partial charge in [0.25, 0.3) is 0 Å². The molecular formula is C21H32N2O. The molecule has 0 saturated heterocycles. The van der Waals surface area contributed by atoms with Gasteiger partial charge in [-0.3, -0.25) is 5.10 Å². The summed E-state index contributed by atoms with van der Waals surface area (Å²) in [4.78, 5) is 0. The molecule has 5 rings (SSSR count). The molecule has 0 radical (unpaired) electrons. The third kappa shape index (κ3) is 1.75. The predicted octanol–water partition coefficient (Wildman–Crippen LogP) is 4.12. The van der Waals surface area contributed by atoms with Crippen LogP contribution in [0.2, 0.25) is 0 Å². The summed E-state index contributed by atoms with van der Waals surface area (Å²) in [6.07, 6.45) is 12.0. The number of aromatic amines is 1. The highest BCUT2D eigenvalue weighted by atomic mass is 16.3. The monoisotopic (exact) mass is 328 g/mol. The van der Waals surface area contributed by atoms with Crippen molar-refractivity contribution in [1.82, 2.24) is 10.2 Å². The zero-order valence-electron chi connectivity index (χ0n) is 15.4. The Morgan fingerprint density at radius 2 is 1.88 bits per heavy atom. The largest absolute Gasteiger partial charge is 0.390 e. The SMILES string of the molecule is C[C@]12Cc3cn[nH]c3C[C@@H]1CC[C@@H]1[C@@H]2CC[C@]2(C)[C@H]1CC[C@]2(C)O. The molecule has 132 valence electrons. The lowest BCUT2D eigenvalue weighted by Crippen LogP contribution is -2.56. The van der Waals surface area contributed by atoms with Crippen molar-refractivity contribution in [3.8, 4) is 0 Å². The van der Waals surface area contributed by atoms with Crippen LogP contribution in [-0.4, -0.2) is 20.9 Å². The van der Waals surface area contributed by atoms with Crippen molar-refractivity contribution in [3.05, 3.63) is 17.5 Å². The van der Waals surface area contributed by atoms with Gasteiger partial charge in [-0.1, -0.05) is 13.8 Å². The third-order valence-corrected chi connectivity index (χ3v) is 9.46. The van der Waals surface area contributed by atoms with Gasteiger partial charge < -0.3 is 5.11 Å². The van der Waals surface area contributed by atoms with E-state index in [1.807, 2.05) is 0 Å². The van der Waals surface area contributed by atoms with Crippen LogP contribution in [0, 0.1) is 34.5 Å². The first-order valence-electron chi connectivity index (χ1n) is 10.1. The summed E-state index contributed by atoms with van der Waals surface area (Å²) in [5, 5.41) is 18.6. The molecule has 3 saturated carbocycles. The second kappa shape index (κ2) is 4.66. The lowest BCUT2D eigenvalue weighted by Gasteiger charge is -2.60.